The fraction of sp³-hybridized carbons (Fsp3) is 0.643. The van der Waals surface area contributed by atoms with Crippen LogP contribution < -0.4 is 5.32 Å². The predicted octanol–water partition coefficient (Wildman–Crippen LogP) is 2.34. The van der Waals surface area contributed by atoms with Crippen LogP contribution in [0.2, 0.25) is 0 Å². The molecule has 98 valence electrons. The van der Waals surface area contributed by atoms with Crippen LogP contribution in [0.25, 0.3) is 0 Å². The standard InChI is InChI=1S/C14H19NO3/c1-17-14(16)11-6-12(18-8-11)7-15-13-5-9-2-3-10(13)4-9/h6,8-10,13,15H,2-5,7H2,1H3. The van der Waals surface area contributed by atoms with E-state index in [0.29, 0.717) is 18.2 Å². The molecule has 0 radical (unpaired) electrons. The maximum absolute atomic E-state index is 11.3. The maximum atomic E-state index is 11.3. The van der Waals surface area contributed by atoms with Gasteiger partial charge in [-0.3, -0.25) is 0 Å². The number of ether oxygens (including phenoxy) is 1. The summed E-state index contributed by atoms with van der Waals surface area (Å²) in [4.78, 5) is 11.3. The second kappa shape index (κ2) is 4.76. The fourth-order valence-electron chi connectivity index (χ4n) is 3.42. The second-order valence-corrected chi connectivity index (χ2v) is 5.46. The molecule has 1 aromatic rings. The molecule has 3 atom stereocenters. The molecule has 4 nitrogen and oxygen atoms in total. The molecule has 3 rings (SSSR count). The van der Waals surface area contributed by atoms with E-state index in [-0.39, 0.29) is 5.97 Å². The van der Waals surface area contributed by atoms with Gasteiger partial charge in [-0.2, -0.15) is 0 Å². The van der Waals surface area contributed by atoms with Gasteiger partial charge in [0.25, 0.3) is 0 Å². The molecule has 2 fully saturated rings. The summed E-state index contributed by atoms with van der Waals surface area (Å²) in [6.45, 7) is 0.699. The summed E-state index contributed by atoms with van der Waals surface area (Å²) < 4.78 is 10.0. The highest BCUT2D eigenvalue weighted by Gasteiger charge is 2.39. The van der Waals surface area contributed by atoms with E-state index in [1.54, 1.807) is 6.07 Å². The molecule has 18 heavy (non-hydrogen) atoms. The summed E-state index contributed by atoms with van der Waals surface area (Å²) in [5.41, 5.74) is 0.488. The molecule has 4 heteroatoms. The lowest BCUT2D eigenvalue weighted by atomic mass is 9.95. The first kappa shape index (κ1) is 11.8. The molecule has 0 amide bonds. The lowest BCUT2D eigenvalue weighted by Crippen LogP contribution is -2.33. The van der Waals surface area contributed by atoms with Gasteiger partial charge in [0.15, 0.2) is 0 Å². The van der Waals surface area contributed by atoms with Crippen molar-refractivity contribution in [1.82, 2.24) is 5.32 Å². The van der Waals surface area contributed by atoms with Crippen molar-refractivity contribution in [3.63, 3.8) is 0 Å². The zero-order valence-electron chi connectivity index (χ0n) is 10.6. The van der Waals surface area contributed by atoms with E-state index in [0.717, 1.165) is 17.6 Å². The zero-order valence-corrected chi connectivity index (χ0v) is 10.6. The summed E-state index contributed by atoms with van der Waals surface area (Å²) in [5, 5.41) is 3.55. The first-order chi connectivity index (χ1) is 8.76. The zero-order chi connectivity index (χ0) is 12.5. The van der Waals surface area contributed by atoms with E-state index in [2.05, 4.69) is 10.1 Å². The number of nitrogens with one attached hydrogen (secondary N) is 1. The van der Waals surface area contributed by atoms with E-state index in [1.807, 2.05) is 0 Å². The second-order valence-electron chi connectivity index (χ2n) is 5.46. The summed E-state index contributed by atoms with van der Waals surface area (Å²) in [7, 11) is 1.38. The topological polar surface area (TPSA) is 51.5 Å². The van der Waals surface area contributed by atoms with Gasteiger partial charge in [-0.15, -0.1) is 0 Å². The highest BCUT2D eigenvalue weighted by molar-refractivity contribution is 5.88. The SMILES string of the molecule is COC(=O)c1coc(CNC2CC3CCC2C3)c1. The molecule has 0 saturated heterocycles. The summed E-state index contributed by atoms with van der Waals surface area (Å²) >= 11 is 0. The number of carbonyl (C=O) groups excluding carboxylic acids is 1. The predicted molar refractivity (Wildman–Crippen MR) is 66.1 cm³/mol. The van der Waals surface area contributed by atoms with Gasteiger partial charge in [0.1, 0.15) is 12.0 Å². The third-order valence-electron chi connectivity index (χ3n) is 4.35. The van der Waals surface area contributed by atoms with Crippen LogP contribution in [-0.2, 0) is 11.3 Å². The van der Waals surface area contributed by atoms with Crippen molar-refractivity contribution in [2.75, 3.05) is 7.11 Å². The van der Waals surface area contributed by atoms with E-state index in [4.69, 9.17) is 4.42 Å². The summed E-state index contributed by atoms with van der Waals surface area (Å²) in [6, 6.07) is 2.39. The lowest BCUT2D eigenvalue weighted by molar-refractivity contribution is 0.0600. The van der Waals surface area contributed by atoms with Gasteiger partial charge in [0, 0.05) is 6.04 Å². The van der Waals surface area contributed by atoms with Crippen LogP contribution in [0, 0.1) is 11.8 Å². The number of esters is 1. The van der Waals surface area contributed by atoms with Gasteiger partial charge in [0.2, 0.25) is 0 Å². The van der Waals surface area contributed by atoms with Crippen LogP contribution >= 0.6 is 0 Å². The number of furan rings is 1. The summed E-state index contributed by atoms with van der Waals surface area (Å²) in [6.07, 6.45) is 6.94. The minimum atomic E-state index is -0.343. The van der Waals surface area contributed by atoms with E-state index in [9.17, 15) is 4.79 Å². The Hall–Kier alpha value is -1.29. The van der Waals surface area contributed by atoms with Crippen LogP contribution in [0.15, 0.2) is 16.7 Å². The number of methoxy groups -OCH3 is 1. The van der Waals surface area contributed by atoms with Crippen LogP contribution in [-0.4, -0.2) is 19.1 Å². The Morgan fingerprint density at radius 1 is 1.50 bits per heavy atom. The Labute approximate surface area is 107 Å². The van der Waals surface area contributed by atoms with Crippen LogP contribution in [0.5, 0.6) is 0 Å². The highest BCUT2D eigenvalue weighted by Crippen LogP contribution is 2.44. The van der Waals surface area contributed by atoms with Gasteiger partial charge in [0.05, 0.1) is 19.2 Å². The largest absolute Gasteiger partial charge is 0.467 e. The van der Waals surface area contributed by atoms with Gasteiger partial charge in [-0.05, 0) is 37.2 Å². The van der Waals surface area contributed by atoms with Crippen molar-refractivity contribution in [2.24, 2.45) is 11.8 Å². The molecule has 0 aromatic carbocycles. The van der Waals surface area contributed by atoms with Crippen molar-refractivity contribution in [3.05, 3.63) is 23.7 Å². The number of hydrogen-bond acceptors (Lipinski definition) is 4. The molecule has 1 N–H and O–H groups in total. The summed E-state index contributed by atoms with van der Waals surface area (Å²) in [5.74, 6) is 2.25. The van der Waals surface area contributed by atoms with Crippen molar-refractivity contribution < 1.29 is 13.9 Å². The highest BCUT2D eigenvalue weighted by atomic mass is 16.5. The van der Waals surface area contributed by atoms with Gasteiger partial charge >= 0.3 is 5.97 Å². The monoisotopic (exact) mass is 249 g/mol. The smallest absolute Gasteiger partial charge is 0.341 e. The van der Waals surface area contributed by atoms with Crippen molar-refractivity contribution in [2.45, 2.75) is 38.3 Å². The van der Waals surface area contributed by atoms with Crippen LogP contribution in [0.3, 0.4) is 0 Å². The Kier molecular flexibility index (Phi) is 3.12. The molecule has 2 saturated carbocycles. The normalized spacial score (nSPS) is 29.7. The van der Waals surface area contributed by atoms with Crippen molar-refractivity contribution in [3.8, 4) is 0 Å². The molecule has 2 bridgehead atoms. The van der Waals surface area contributed by atoms with Crippen molar-refractivity contribution in [1.29, 1.82) is 0 Å². The molecule has 0 spiro atoms. The quantitative estimate of drug-likeness (QED) is 0.832. The number of rotatable bonds is 4. The molecular weight excluding hydrogens is 230 g/mol. The van der Waals surface area contributed by atoms with Crippen molar-refractivity contribution >= 4 is 5.97 Å². The molecule has 2 aliphatic carbocycles. The Balaban J connectivity index is 1.54. The van der Waals surface area contributed by atoms with E-state index >= 15 is 0 Å². The van der Waals surface area contributed by atoms with Gasteiger partial charge in [-0.1, -0.05) is 6.42 Å². The minimum Gasteiger partial charge on any atom is -0.467 e. The van der Waals surface area contributed by atoms with E-state index in [1.165, 1.54) is 39.1 Å². The van der Waals surface area contributed by atoms with Gasteiger partial charge < -0.3 is 14.5 Å². The Morgan fingerprint density at radius 2 is 2.39 bits per heavy atom. The first-order valence-electron chi connectivity index (χ1n) is 6.65. The fourth-order valence-corrected chi connectivity index (χ4v) is 3.42. The Bertz CT molecular complexity index is 440. The molecule has 1 aromatic heterocycles. The van der Waals surface area contributed by atoms with Crippen LogP contribution in [0.4, 0.5) is 0 Å². The number of fused-ring (bicyclic) bond motifs is 2. The van der Waals surface area contributed by atoms with Gasteiger partial charge in [-0.25, -0.2) is 4.79 Å². The average Bonchev–Trinajstić information content (AvgIpc) is 3.10. The number of carbonyl (C=O) groups is 1. The molecular formula is C14H19NO3. The maximum Gasteiger partial charge on any atom is 0.341 e. The third-order valence-corrected chi connectivity index (χ3v) is 4.35. The Morgan fingerprint density at radius 3 is 3.06 bits per heavy atom. The molecule has 2 aliphatic rings. The molecule has 1 heterocycles. The molecule has 3 unspecified atom stereocenters. The van der Waals surface area contributed by atoms with E-state index < -0.39 is 0 Å². The van der Waals surface area contributed by atoms with Crippen LogP contribution in [0.1, 0.15) is 41.8 Å². The minimum absolute atomic E-state index is 0.343. The first-order valence-corrected chi connectivity index (χ1v) is 6.65. The third kappa shape index (κ3) is 2.17. The average molecular weight is 249 g/mol. The molecule has 0 aliphatic heterocycles. The lowest BCUT2D eigenvalue weighted by Gasteiger charge is -2.22. The number of hydrogen-bond donors (Lipinski definition) is 1.